The van der Waals surface area contributed by atoms with Gasteiger partial charge in [0.25, 0.3) is 11.6 Å². The third-order valence-corrected chi connectivity index (χ3v) is 3.83. The number of aromatic nitrogens is 2. The van der Waals surface area contributed by atoms with Gasteiger partial charge in [-0.2, -0.15) is 5.10 Å². The molecule has 2 N–H and O–H groups in total. The second-order valence-electron chi connectivity index (χ2n) is 5.49. The summed E-state index contributed by atoms with van der Waals surface area (Å²) in [5, 5.41) is 20.1. The van der Waals surface area contributed by atoms with Crippen LogP contribution in [-0.4, -0.2) is 27.8 Å². The van der Waals surface area contributed by atoms with E-state index in [-0.39, 0.29) is 18.2 Å². The van der Waals surface area contributed by atoms with Crippen molar-refractivity contribution in [3.05, 3.63) is 64.3 Å². The number of carbonyl (C=O) groups is 1. The number of amides is 1. The summed E-state index contributed by atoms with van der Waals surface area (Å²) in [6, 6.07) is 12.6. The van der Waals surface area contributed by atoms with Gasteiger partial charge in [0, 0.05) is 23.4 Å². The Morgan fingerprint density at radius 1 is 1.12 bits per heavy atom. The van der Waals surface area contributed by atoms with Crippen LogP contribution in [0.2, 0.25) is 0 Å². The number of ether oxygens (including phenoxy) is 2. The molecule has 9 heteroatoms. The van der Waals surface area contributed by atoms with Crippen LogP contribution in [0.5, 0.6) is 11.5 Å². The summed E-state index contributed by atoms with van der Waals surface area (Å²) in [4.78, 5) is 22.5. The highest BCUT2D eigenvalue weighted by Crippen LogP contribution is 2.35. The molecule has 2 aromatic carbocycles. The van der Waals surface area contributed by atoms with Crippen molar-refractivity contribution < 1.29 is 19.2 Å². The van der Waals surface area contributed by atoms with E-state index in [2.05, 4.69) is 15.5 Å². The Bertz CT molecular complexity index is 997. The first kappa shape index (κ1) is 15.6. The summed E-state index contributed by atoms with van der Waals surface area (Å²) in [6.07, 6.45) is 0. The predicted molar refractivity (Wildman–Crippen MR) is 91.2 cm³/mol. The highest BCUT2D eigenvalue weighted by Gasteiger charge is 2.16. The Hall–Kier alpha value is -3.88. The van der Waals surface area contributed by atoms with Crippen molar-refractivity contribution in [3.63, 3.8) is 0 Å². The van der Waals surface area contributed by atoms with Gasteiger partial charge in [-0.05, 0) is 36.4 Å². The van der Waals surface area contributed by atoms with Gasteiger partial charge in [-0.25, -0.2) is 0 Å². The molecule has 1 amide bonds. The van der Waals surface area contributed by atoms with Crippen molar-refractivity contribution in [2.24, 2.45) is 0 Å². The SMILES string of the molecule is O=C(Nc1ccc([N+](=O)[O-])cc1)c1cc(-c2ccc3c(c2)OCO3)n[nH]1. The molecule has 130 valence electrons. The minimum Gasteiger partial charge on any atom is -0.454 e. The molecule has 0 atom stereocenters. The molecule has 26 heavy (non-hydrogen) atoms. The summed E-state index contributed by atoms with van der Waals surface area (Å²) in [5.41, 5.74) is 2.02. The Labute approximate surface area is 146 Å². The van der Waals surface area contributed by atoms with Crippen molar-refractivity contribution in [2.75, 3.05) is 12.1 Å². The largest absolute Gasteiger partial charge is 0.454 e. The van der Waals surface area contributed by atoms with Crippen molar-refractivity contribution in [3.8, 4) is 22.8 Å². The Morgan fingerprint density at radius 3 is 2.65 bits per heavy atom. The second kappa shape index (κ2) is 6.20. The van der Waals surface area contributed by atoms with E-state index >= 15 is 0 Å². The molecule has 0 radical (unpaired) electrons. The van der Waals surface area contributed by atoms with Crippen LogP contribution in [0.1, 0.15) is 10.5 Å². The average molecular weight is 352 g/mol. The molecule has 0 saturated carbocycles. The number of nitro groups is 1. The average Bonchev–Trinajstić information content (AvgIpc) is 3.31. The van der Waals surface area contributed by atoms with E-state index in [0.717, 1.165) is 5.56 Å². The van der Waals surface area contributed by atoms with Gasteiger partial charge >= 0.3 is 0 Å². The van der Waals surface area contributed by atoms with Crippen LogP contribution in [0, 0.1) is 10.1 Å². The first-order valence-electron chi connectivity index (χ1n) is 7.61. The number of nitro benzene ring substituents is 1. The van der Waals surface area contributed by atoms with Gasteiger partial charge in [0.2, 0.25) is 6.79 Å². The van der Waals surface area contributed by atoms with Crippen LogP contribution >= 0.6 is 0 Å². The highest BCUT2D eigenvalue weighted by atomic mass is 16.7. The van der Waals surface area contributed by atoms with E-state index in [1.165, 1.54) is 24.3 Å². The molecule has 0 bridgehead atoms. The van der Waals surface area contributed by atoms with Crippen LogP contribution < -0.4 is 14.8 Å². The van der Waals surface area contributed by atoms with Crippen molar-refractivity contribution in [1.82, 2.24) is 10.2 Å². The maximum atomic E-state index is 12.3. The number of hydrogen-bond acceptors (Lipinski definition) is 6. The number of carbonyl (C=O) groups excluding carboxylic acids is 1. The molecule has 9 nitrogen and oxygen atoms in total. The summed E-state index contributed by atoms with van der Waals surface area (Å²) in [7, 11) is 0. The van der Waals surface area contributed by atoms with Crippen molar-refractivity contribution in [2.45, 2.75) is 0 Å². The fourth-order valence-corrected chi connectivity index (χ4v) is 2.51. The molecule has 0 unspecified atom stereocenters. The number of nitrogens with zero attached hydrogens (tertiary/aromatic N) is 2. The zero-order valence-electron chi connectivity index (χ0n) is 13.3. The first-order chi connectivity index (χ1) is 12.6. The minimum atomic E-state index is -0.502. The van der Waals surface area contributed by atoms with Gasteiger partial charge in [-0.1, -0.05) is 0 Å². The van der Waals surface area contributed by atoms with Gasteiger partial charge in [-0.3, -0.25) is 20.0 Å². The number of hydrogen-bond donors (Lipinski definition) is 2. The smallest absolute Gasteiger partial charge is 0.273 e. The molecule has 4 rings (SSSR count). The summed E-state index contributed by atoms with van der Waals surface area (Å²) in [6.45, 7) is 0.183. The standard InChI is InChI=1S/C17H12N4O5/c22-17(18-11-2-4-12(5-3-11)21(23)24)14-8-13(19-20-14)10-1-6-15-16(7-10)26-9-25-15/h1-8H,9H2,(H,18,22)(H,19,20). The van der Waals surface area contributed by atoms with Crippen LogP contribution in [-0.2, 0) is 0 Å². The van der Waals surface area contributed by atoms with Crippen LogP contribution in [0.3, 0.4) is 0 Å². The normalized spacial score (nSPS) is 12.0. The third-order valence-electron chi connectivity index (χ3n) is 3.83. The Kier molecular flexibility index (Phi) is 3.73. The number of nitrogens with one attached hydrogen (secondary N) is 2. The van der Waals surface area contributed by atoms with E-state index in [0.29, 0.717) is 22.9 Å². The molecule has 2 heterocycles. The van der Waals surface area contributed by atoms with Crippen molar-refractivity contribution in [1.29, 1.82) is 0 Å². The highest BCUT2D eigenvalue weighted by molar-refractivity contribution is 6.03. The van der Waals surface area contributed by atoms with Crippen LogP contribution in [0.4, 0.5) is 11.4 Å². The van der Waals surface area contributed by atoms with E-state index in [9.17, 15) is 14.9 Å². The number of anilines is 1. The maximum Gasteiger partial charge on any atom is 0.273 e. The molecule has 1 aliphatic heterocycles. The fraction of sp³-hybridized carbons (Fsp3) is 0.0588. The summed E-state index contributed by atoms with van der Waals surface area (Å²) < 4.78 is 10.6. The zero-order valence-corrected chi connectivity index (χ0v) is 13.3. The molecule has 1 aromatic heterocycles. The molecule has 1 aliphatic rings. The van der Waals surface area contributed by atoms with Gasteiger partial charge in [0.05, 0.1) is 10.6 Å². The second-order valence-corrected chi connectivity index (χ2v) is 5.49. The monoisotopic (exact) mass is 352 g/mol. The van der Waals surface area contributed by atoms with Crippen LogP contribution in [0.25, 0.3) is 11.3 Å². The van der Waals surface area contributed by atoms with Gasteiger partial charge < -0.3 is 14.8 Å². The molecule has 0 fully saturated rings. The predicted octanol–water partition coefficient (Wildman–Crippen LogP) is 2.97. The Morgan fingerprint density at radius 2 is 1.88 bits per heavy atom. The lowest BCUT2D eigenvalue weighted by atomic mass is 10.1. The number of H-pyrrole nitrogens is 1. The zero-order chi connectivity index (χ0) is 18.1. The van der Waals surface area contributed by atoms with E-state index in [1.807, 2.05) is 6.07 Å². The van der Waals surface area contributed by atoms with Crippen molar-refractivity contribution >= 4 is 17.3 Å². The van der Waals surface area contributed by atoms with Gasteiger partial charge in [0.15, 0.2) is 11.5 Å². The summed E-state index contributed by atoms with van der Waals surface area (Å²) >= 11 is 0. The lowest BCUT2D eigenvalue weighted by Gasteiger charge is -2.02. The minimum absolute atomic E-state index is 0.0466. The fourth-order valence-electron chi connectivity index (χ4n) is 2.51. The van der Waals surface area contributed by atoms with Gasteiger partial charge in [-0.15, -0.1) is 0 Å². The number of rotatable bonds is 4. The van der Waals surface area contributed by atoms with Crippen LogP contribution in [0.15, 0.2) is 48.5 Å². The Balaban J connectivity index is 1.50. The van der Waals surface area contributed by atoms with E-state index in [1.54, 1.807) is 18.2 Å². The maximum absolute atomic E-state index is 12.3. The number of fused-ring (bicyclic) bond motifs is 1. The lowest BCUT2D eigenvalue weighted by molar-refractivity contribution is -0.384. The number of non-ortho nitro benzene ring substituents is 1. The number of aromatic amines is 1. The molecule has 0 saturated heterocycles. The molecular weight excluding hydrogens is 340 g/mol. The molecule has 3 aromatic rings. The molecular formula is C17H12N4O5. The van der Waals surface area contributed by atoms with Gasteiger partial charge in [0.1, 0.15) is 5.69 Å². The molecule has 0 spiro atoms. The first-order valence-corrected chi connectivity index (χ1v) is 7.61. The van der Waals surface area contributed by atoms with E-state index < -0.39 is 10.8 Å². The molecule has 0 aliphatic carbocycles. The third kappa shape index (κ3) is 2.93. The topological polar surface area (TPSA) is 119 Å². The quantitative estimate of drug-likeness (QED) is 0.550. The number of benzene rings is 2. The lowest BCUT2D eigenvalue weighted by Crippen LogP contribution is -2.12. The summed E-state index contributed by atoms with van der Waals surface area (Å²) in [5.74, 6) is 0.890. The van der Waals surface area contributed by atoms with E-state index in [4.69, 9.17) is 9.47 Å².